The van der Waals surface area contributed by atoms with Gasteiger partial charge in [0.15, 0.2) is 17.3 Å². The number of fused-ring (bicyclic) bond motifs is 4. The normalized spacial score (nSPS) is 19.4. The summed E-state index contributed by atoms with van der Waals surface area (Å²) >= 11 is 5.45. The van der Waals surface area contributed by atoms with E-state index in [9.17, 15) is 32.7 Å². The van der Waals surface area contributed by atoms with Crippen molar-refractivity contribution >= 4 is 23.4 Å². The van der Waals surface area contributed by atoms with Crippen molar-refractivity contribution in [2.24, 2.45) is 0 Å². The first-order valence-corrected chi connectivity index (χ1v) is 10.3. The summed E-state index contributed by atoms with van der Waals surface area (Å²) in [7, 11) is 0. The van der Waals surface area contributed by atoms with Crippen LogP contribution in [0.4, 0.5) is 13.2 Å². The molecule has 0 aliphatic carbocycles. The number of aromatic nitrogens is 1. The van der Waals surface area contributed by atoms with Gasteiger partial charge in [0.2, 0.25) is 5.43 Å². The average molecular weight is 483 g/mol. The molecule has 0 saturated heterocycles. The third-order valence-corrected chi connectivity index (χ3v) is 6.06. The zero-order valence-corrected chi connectivity index (χ0v) is 18.2. The molecule has 0 fully saturated rings. The third-order valence-electron chi connectivity index (χ3n) is 5.71. The molecular formula is C21H18ClF3N4O4. The number of nitrogens with zero attached hydrogens (tertiary/aromatic N) is 3. The molecule has 33 heavy (non-hydrogen) atoms. The van der Waals surface area contributed by atoms with Gasteiger partial charge < -0.3 is 15.3 Å². The lowest BCUT2D eigenvalue weighted by Gasteiger charge is -2.41. The van der Waals surface area contributed by atoms with E-state index in [0.29, 0.717) is 6.07 Å². The molecule has 8 nitrogen and oxygen atoms in total. The number of amides is 2. The predicted octanol–water partition coefficient (Wildman–Crippen LogP) is 2.25. The van der Waals surface area contributed by atoms with Crippen LogP contribution in [-0.4, -0.2) is 45.2 Å². The van der Waals surface area contributed by atoms with Gasteiger partial charge in [-0.25, -0.2) is 13.2 Å². The average Bonchev–Trinajstić information content (AvgIpc) is 2.90. The quantitative estimate of drug-likeness (QED) is 0.397. The van der Waals surface area contributed by atoms with Crippen LogP contribution >= 0.6 is 11.6 Å². The molecular weight excluding hydrogens is 465 g/mol. The zero-order valence-electron chi connectivity index (χ0n) is 17.4. The monoisotopic (exact) mass is 482 g/mol. The number of carbonyl (C=O) groups is 2. The number of nitrogens with one attached hydrogen (secondary N) is 1. The molecule has 0 radical (unpaired) electrons. The minimum absolute atomic E-state index is 0.134. The van der Waals surface area contributed by atoms with Gasteiger partial charge in [-0.2, -0.15) is 0 Å². The smallest absolute Gasteiger partial charge is 0.278 e. The van der Waals surface area contributed by atoms with Crippen LogP contribution in [0, 0.1) is 17.5 Å². The van der Waals surface area contributed by atoms with E-state index < -0.39 is 63.1 Å². The molecule has 1 aromatic carbocycles. The highest BCUT2D eigenvalue weighted by Crippen LogP contribution is 2.27. The Morgan fingerprint density at radius 3 is 2.55 bits per heavy atom. The second-order valence-electron chi connectivity index (χ2n) is 7.77. The van der Waals surface area contributed by atoms with Crippen molar-refractivity contribution < 1.29 is 27.9 Å². The fraction of sp³-hybridized carbons (Fsp3) is 0.286. The Morgan fingerprint density at radius 1 is 1.18 bits per heavy atom. The second kappa shape index (κ2) is 8.14. The summed E-state index contributed by atoms with van der Waals surface area (Å²) in [5.74, 6) is -6.54. The van der Waals surface area contributed by atoms with Gasteiger partial charge >= 0.3 is 0 Å². The van der Waals surface area contributed by atoms with Gasteiger partial charge in [-0.1, -0.05) is 23.8 Å². The van der Waals surface area contributed by atoms with Gasteiger partial charge in [-0.3, -0.25) is 24.1 Å². The number of benzene rings is 1. The molecule has 2 N–H and O–H groups in total. The molecule has 0 spiro atoms. The van der Waals surface area contributed by atoms with Crippen LogP contribution in [-0.2, 0) is 6.54 Å². The zero-order chi connectivity index (χ0) is 24.2. The fourth-order valence-electron chi connectivity index (χ4n) is 3.77. The van der Waals surface area contributed by atoms with E-state index in [0.717, 1.165) is 6.20 Å². The minimum atomic E-state index is -1.38. The number of hydrogen-bond acceptors (Lipinski definition) is 5. The molecule has 0 unspecified atom stereocenters. The van der Waals surface area contributed by atoms with Crippen molar-refractivity contribution in [2.45, 2.75) is 32.5 Å². The third kappa shape index (κ3) is 3.62. The Labute approximate surface area is 190 Å². The van der Waals surface area contributed by atoms with Gasteiger partial charge in [-0.05, 0) is 13.8 Å². The van der Waals surface area contributed by atoms with Gasteiger partial charge in [0.05, 0.1) is 6.04 Å². The van der Waals surface area contributed by atoms with Crippen LogP contribution in [0.2, 0.25) is 5.02 Å². The number of rotatable bonds is 3. The molecule has 3 heterocycles. The van der Waals surface area contributed by atoms with Crippen LogP contribution < -0.4 is 15.8 Å². The molecule has 2 aliphatic rings. The van der Waals surface area contributed by atoms with Gasteiger partial charge in [0.25, 0.3) is 11.8 Å². The van der Waals surface area contributed by atoms with E-state index in [2.05, 4.69) is 5.32 Å². The summed E-state index contributed by atoms with van der Waals surface area (Å²) < 4.78 is 42.7. The molecule has 2 atom stereocenters. The molecule has 4 rings (SSSR count). The SMILES string of the molecule is C[C@@H]1C=C[C@H](C)N2CN1n1cc(C(=O)NCc3c(F)cc(F)c(Cl)c3F)c(=O)c(O)c1C2=O. The molecule has 1 aromatic heterocycles. The van der Waals surface area contributed by atoms with Gasteiger partial charge in [0, 0.05) is 30.4 Å². The van der Waals surface area contributed by atoms with E-state index in [4.69, 9.17) is 11.6 Å². The maximum absolute atomic E-state index is 14.1. The Morgan fingerprint density at radius 2 is 1.85 bits per heavy atom. The van der Waals surface area contributed by atoms with E-state index in [1.165, 1.54) is 9.58 Å². The Hall–Kier alpha value is -3.47. The van der Waals surface area contributed by atoms with Crippen molar-refractivity contribution in [3.8, 4) is 5.75 Å². The number of halogens is 4. The highest BCUT2D eigenvalue weighted by Gasteiger charge is 2.38. The molecule has 2 amide bonds. The number of pyridine rings is 1. The highest BCUT2D eigenvalue weighted by atomic mass is 35.5. The van der Waals surface area contributed by atoms with Gasteiger partial charge in [0.1, 0.15) is 28.9 Å². The number of aromatic hydroxyl groups is 1. The standard InChI is InChI=1S/C21H18ClF3N4O4/c1-9-3-4-10(2)29-8-27(9)21(33)17-19(31)18(30)12(7-28(17)29)20(32)26-6-11-13(23)5-14(24)15(22)16(11)25/h3-5,7,9-10,31H,6,8H2,1-2H3,(H,26,32)/t9-,10+/m0/s1. The summed E-state index contributed by atoms with van der Waals surface area (Å²) in [5.41, 5.74) is -2.68. The second-order valence-corrected chi connectivity index (χ2v) is 8.14. The molecule has 0 saturated carbocycles. The van der Waals surface area contributed by atoms with E-state index in [-0.39, 0.29) is 24.4 Å². The molecule has 2 aliphatic heterocycles. The van der Waals surface area contributed by atoms with Crippen molar-refractivity contribution in [3.05, 3.63) is 73.9 Å². The summed E-state index contributed by atoms with van der Waals surface area (Å²) in [5, 5.41) is 13.4. The van der Waals surface area contributed by atoms with E-state index in [1.807, 2.05) is 19.1 Å². The summed E-state index contributed by atoms with van der Waals surface area (Å²) in [4.78, 5) is 39.8. The number of carbonyl (C=O) groups excluding carboxylic acids is 2. The predicted molar refractivity (Wildman–Crippen MR) is 112 cm³/mol. The number of hydrogen-bond donors (Lipinski definition) is 2. The Kier molecular flexibility index (Phi) is 5.61. The highest BCUT2D eigenvalue weighted by molar-refractivity contribution is 6.31. The molecule has 2 bridgehead atoms. The van der Waals surface area contributed by atoms with Crippen molar-refractivity contribution in [1.29, 1.82) is 0 Å². The lowest BCUT2D eigenvalue weighted by Crippen LogP contribution is -2.57. The largest absolute Gasteiger partial charge is 0.502 e. The maximum atomic E-state index is 14.1. The lowest BCUT2D eigenvalue weighted by atomic mass is 10.1. The lowest BCUT2D eigenvalue weighted by molar-refractivity contribution is 0.0652. The van der Waals surface area contributed by atoms with Crippen LogP contribution in [0.25, 0.3) is 0 Å². The van der Waals surface area contributed by atoms with Crippen LogP contribution in [0.15, 0.2) is 29.2 Å². The van der Waals surface area contributed by atoms with Gasteiger partial charge in [-0.15, -0.1) is 0 Å². The topological polar surface area (TPSA) is 94.9 Å². The van der Waals surface area contributed by atoms with Crippen molar-refractivity contribution in [2.75, 3.05) is 11.7 Å². The molecule has 12 heteroatoms. The summed E-state index contributed by atoms with van der Waals surface area (Å²) in [6, 6.07) is -0.172. The van der Waals surface area contributed by atoms with E-state index >= 15 is 0 Å². The summed E-state index contributed by atoms with van der Waals surface area (Å²) in [6.07, 6.45) is 4.74. The fourth-order valence-corrected chi connectivity index (χ4v) is 3.94. The van der Waals surface area contributed by atoms with Crippen LogP contribution in [0.3, 0.4) is 0 Å². The van der Waals surface area contributed by atoms with Crippen molar-refractivity contribution in [3.63, 3.8) is 0 Å². The minimum Gasteiger partial charge on any atom is -0.502 e. The van der Waals surface area contributed by atoms with E-state index in [1.54, 1.807) is 11.9 Å². The first-order valence-electron chi connectivity index (χ1n) is 9.87. The first kappa shape index (κ1) is 22.7. The summed E-state index contributed by atoms with van der Waals surface area (Å²) in [6.45, 7) is 3.00. The van der Waals surface area contributed by atoms with Crippen LogP contribution in [0.5, 0.6) is 5.75 Å². The Bertz CT molecular complexity index is 1280. The molecule has 174 valence electrons. The van der Waals surface area contributed by atoms with Crippen LogP contribution in [0.1, 0.15) is 40.3 Å². The first-order chi connectivity index (χ1) is 15.5. The Balaban J connectivity index is 1.71. The molecule has 2 aromatic rings. The van der Waals surface area contributed by atoms with Crippen molar-refractivity contribution in [1.82, 2.24) is 14.9 Å². The maximum Gasteiger partial charge on any atom is 0.278 e.